The van der Waals surface area contributed by atoms with Gasteiger partial charge < -0.3 is 14.7 Å². The molecule has 0 saturated carbocycles. The van der Waals surface area contributed by atoms with E-state index in [-0.39, 0.29) is 28.3 Å². The molecule has 0 bridgehead atoms. The second-order valence-electron chi connectivity index (χ2n) is 6.71. The van der Waals surface area contributed by atoms with E-state index in [0.29, 0.717) is 5.75 Å². The molecule has 0 aliphatic rings. The Morgan fingerprint density at radius 3 is 2.52 bits per heavy atom. The van der Waals surface area contributed by atoms with E-state index in [1.54, 1.807) is 37.5 Å². The zero-order valence-corrected chi connectivity index (χ0v) is 17.0. The van der Waals surface area contributed by atoms with Gasteiger partial charge in [-0.15, -0.1) is 0 Å². The number of allylic oxidation sites excluding steroid dienone is 1. The largest absolute Gasteiger partial charge is 0.595 e. The third-order valence-corrected chi connectivity index (χ3v) is 4.50. The van der Waals surface area contributed by atoms with Gasteiger partial charge in [0.2, 0.25) is 0 Å². The van der Waals surface area contributed by atoms with Gasteiger partial charge >= 0.3 is 5.97 Å². The summed E-state index contributed by atoms with van der Waals surface area (Å²) in [5, 5.41) is 19.1. The maximum atomic E-state index is 12.9. The summed E-state index contributed by atoms with van der Waals surface area (Å²) in [7, 11) is 1.55. The van der Waals surface area contributed by atoms with Crippen molar-refractivity contribution in [2.45, 2.75) is 6.92 Å². The molecule has 7 nitrogen and oxygen atoms in total. The first kappa shape index (κ1) is 21.9. The Kier molecular flexibility index (Phi) is 6.94. The zero-order chi connectivity index (χ0) is 22.4. The first-order valence-corrected chi connectivity index (χ1v) is 9.40. The molecule has 0 heterocycles. The van der Waals surface area contributed by atoms with E-state index in [1.165, 1.54) is 30.3 Å². The number of hydrogen-bond acceptors (Lipinski definition) is 6. The second kappa shape index (κ2) is 9.82. The Balaban J connectivity index is 1.87. The monoisotopic (exact) mass is 419 g/mol. The summed E-state index contributed by atoms with van der Waals surface area (Å²) in [6.07, 6.45) is 3.01. The van der Waals surface area contributed by atoms with Gasteiger partial charge in [-0.25, -0.2) is 10.0 Å². The minimum absolute atomic E-state index is 0.0330. The number of quaternary nitrogens is 1. The fourth-order valence-corrected chi connectivity index (χ4v) is 2.92. The SMILES string of the molecule is COc1ccccc1C=CC(=O)c1cc(C)ccc1OC(=O)c1cccc([NH+]([O-])O)c1. The number of methoxy groups -OCH3 is 1. The lowest BCUT2D eigenvalue weighted by atomic mass is 10.0. The number of benzene rings is 3. The van der Waals surface area contributed by atoms with Crippen LogP contribution in [0.25, 0.3) is 6.08 Å². The van der Waals surface area contributed by atoms with E-state index < -0.39 is 11.2 Å². The highest BCUT2D eigenvalue weighted by Crippen LogP contribution is 2.24. The zero-order valence-electron chi connectivity index (χ0n) is 17.0. The number of nitrogens with one attached hydrogen (secondary N) is 1. The Hall–Kier alpha value is -3.78. The van der Waals surface area contributed by atoms with Gasteiger partial charge in [0.25, 0.3) is 0 Å². The highest BCUT2D eigenvalue weighted by atomic mass is 16.8. The van der Waals surface area contributed by atoms with Gasteiger partial charge in [-0.2, -0.15) is 5.23 Å². The lowest BCUT2D eigenvalue weighted by Gasteiger charge is -2.13. The Morgan fingerprint density at radius 2 is 1.77 bits per heavy atom. The summed E-state index contributed by atoms with van der Waals surface area (Å²) in [5.41, 5.74) is 1.81. The van der Waals surface area contributed by atoms with Gasteiger partial charge in [0.1, 0.15) is 11.5 Å². The van der Waals surface area contributed by atoms with Crippen LogP contribution in [-0.4, -0.2) is 24.1 Å². The van der Waals surface area contributed by atoms with Crippen LogP contribution in [0.2, 0.25) is 0 Å². The van der Waals surface area contributed by atoms with Gasteiger partial charge in [-0.05, 0) is 43.3 Å². The molecule has 0 aliphatic carbocycles. The van der Waals surface area contributed by atoms with Crippen molar-refractivity contribution < 1.29 is 29.5 Å². The maximum absolute atomic E-state index is 12.9. The second-order valence-corrected chi connectivity index (χ2v) is 6.71. The molecular formula is C24H21NO6. The van der Waals surface area contributed by atoms with E-state index in [9.17, 15) is 14.8 Å². The Morgan fingerprint density at radius 1 is 1.00 bits per heavy atom. The Bertz CT molecular complexity index is 1140. The smallest absolute Gasteiger partial charge is 0.343 e. The number of aryl methyl sites for hydroxylation is 1. The van der Waals surface area contributed by atoms with Crippen molar-refractivity contribution in [1.29, 1.82) is 0 Å². The van der Waals surface area contributed by atoms with E-state index in [2.05, 4.69) is 0 Å². The number of para-hydroxylation sites is 1. The molecule has 0 aromatic heterocycles. The third-order valence-electron chi connectivity index (χ3n) is 4.50. The molecule has 0 radical (unpaired) electrons. The predicted octanol–water partition coefficient (Wildman–Crippen LogP) is 3.52. The fraction of sp³-hybridized carbons (Fsp3) is 0.0833. The molecule has 3 aromatic rings. The first-order chi connectivity index (χ1) is 14.9. The van der Waals surface area contributed by atoms with E-state index in [1.807, 2.05) is 25.1 Å². The van der Waals surface area contributed by atoms with Crippen LogP contribution in [0.15, 0.2) is 72.8 Å². The fourth-order valence-electron chi connectivity index (χ4n) is 2.92. The lowest BCUT2D eigenvalue weighted by molar-refractivity contribution is -0.991. The van der Waals surface area contributed by atoms with Crippen LogP contribution < -0.4 is 14.7 Å². The molecule has 158 valence electrons. The van der Waals surface area contributed by atoms with Crippen LogP contribution in [0.1, 0.15) is 31.8 Å². The predicted molar refractivity (Wildman–Crippen MR) is 115 cm³/mol. The van der Waals surface area contributed by atoms with Crippen molar-refractivity contribution in [3.05, 3.63) is 100 Å². The minimum atomic E-state index is -1.15. The highest BCUT2D eigenvalue weighted by Gasteiger charge is 2.17. The molecule has 31 heavy (non-hydrogen) atoms. The van der Waals surface area contributed by atoms with Crippen LogP contribution in [0.5, 0.6) is 11.5 Å². The van der Waals surface area contributed by atoms with Gasteiger partial charge in [0.15, 0.2) is 11.5 Å². The molecule has 0 spiro atoms. The van der Waals surface area contributed by atoms with Gasteiger partial charge in [0.05, 0.1) is 18.2 Å². The summed E-state index contributed by atoms with van der Waals surface area (Å²) >= 11 is 0. The topological polar surface area (TPSA) is 100 Å². The van der Waals surface area contributed by atoms with Crippen molar-refractivity contribution in [3.63, 3.8) is 0 Å². The number of ketones is 1. The number of esters is 1. The number of rotatable bonds is 7. The molecule has 3 aromatic carbocycles. The van der Waals surface area contributed by atoms with Crippen LogP contribution >= 0.6 is 0 Å². The highest BCUT2D eigenvalue weighted by molar-refractivity contribution is 6.09. The quantitative estimate of drug-likeness (QED) is 0.200. The van der Waals surface area contributed by atoms with Crippen LogP contribution in [0, 0.1) is 12.1 Å². The number of ether oxygens (including phenoxy) is 2. The number of carbonyl (C=O) groups is 2. The van der Waals surface area contributed by atoms with Crippen molar-refractivity contribution in [3.8, 4) is 11.5 Å². The van der Waals surface area contributed by atoms with Crippen molar-refractivity contribution in [2.75, 3.05) is 7.11 Å². The average molecular weight is 419 g/mol. The number of carbonyl (C=O) groups excluding carboxylic acids is 2. The van der Waals surface area contributed by atoms with E-state index in [4.69, 9.17) is 14.7 Å². The van der Waals surface area contributed by atoms with Crippen molar-refractivity contribution in [1.82, 2.24) is 0 Å². The Labute approximate surface area is 179 Å². The molecule has 2 N–H and O–H groups in total. The molecule has 0 saturated heterocycles. The lowest BCUT2D eigenvalue weighted by Crippen LogP contribution is -2.99. The molecule has 7 heteroatoms. The molecule has 1 unspecified atom stereocenters. The van der Waals surface area contributed by atoms with E-state index in [0.717, 1.165) is 11.1 Å². The third kappa shape index (κ3) is 5.43. The van der Waals surface area contributed by atoms with Crippen molar-refractivity contribution in [2.24, 2.45) is 0 Å². The molecule has 0 aliphatic heterocycles. The van der Waals surface area contributed by atoms with Gasteiger partial charge in [-0.3, -0.25) is 4.79 Å². The normalized spacial score (nSPS) is 11.9. The van der Waals surface area contributed by atoms with Crippen LogP contribution in [0.3, 0.4) is 0 Å². The summed E-state index contributed by atoms with van der Waals surface area (Å²) in [6, 6.07) is 17.7. The first-order valence-electron chi connectivity index (χ1n) is 9.40. The molecule has 0 amide bonds. The average Bonchev–Trinajstić information content (AvgIpc) is 2.78. The van der Waals surface area contributed by atoms with Gasteiger partial charge in [0, 0.05) is 17.7 Å². The molecule has 1 atom stereocenters. The van der Waals surface area contributed by atoms with Crippen LogP contribution in [-0.2, 0) is 0 Å². The summed E-state index contributed by atoms with van der Waals surface area (Å²) in [4.78, 5) is 25.4. The summed E-state index contributed by atoms with van der Waals surface area (Å²) < 4.78 is 10.7. The molecule has 3 rings (SSSR count). The van der Waals surface area contributed by atoms with E-state index >= 15 is 0 Å². The van der Waals surface area contributed by atoms with Crippen LogP contribution in [0.4, 0.5) is 5.69 Å². The summed E-state index contributed by atoms with van der Waals surface area (Å²) in [6.45, 7) is 1.82. The van der Waals surface area contributed by atoms with Crippen molar-refractivity contribution >= 4 is 23.5 Å². The summed E-state index contributed by atoms with van der Waals surface area (Å²) in [5.74, 6) is -0.391. The van der Waals surface area contributed by atoms with Gasteiger partial charge in [-0.1, -0.05) is 35.9 Å². The maximum Gasteiger partial charge on any atom is 0.343 e. The standard InChI is InChI=1S/C24H21NO6/c1-16-10-13-23(31-24(27)18-7-5-8-19(15-18)25(28)29)20(14-16)21(26)12-11-17-6-3-4-9-22(17)30-2/h3-15,25,28H,1-2H3. The number of hydrogen-bond donors (Lipinski definition) is 2. The molecule has 0 fully saturated rings. The minimum Gasteiger partial charge on any atom is -0.595 e. The molecular weight excluding hydrogens is 398 g/mol.